The highest BCUT2D eigenvalue weighted by atomic mass is 35.5. The lowest BCUT2D eigenvalue weighted by Gasteiger charge is -2.11. The minimum Gasteiger partial charge on any atom is -0.493 e. The van der Waals surface area contributed by atoms with Crippen LogP contribution in [0.3, 0.4) is 0 Å². The zero-order valence-electron chi connectivity index (χ0n) is 16.3. The van der Waals surface area contributed by atoms with Crippen LogP contribution in [-0.4, -0.2) is 39.6 Å². The Kier molecular flexibility index (Phi) is 5.30. The summed E-state index contributed by atoms with van der Waals surface area (Å²) < 4.78 is 11.8. The highest BCUT2D eigenvalue weighted by Crippen LogP contribution is 2.32. The minimum atomic E-state index is -0.834. The van der Waals surface area contributed by atoms with Gasteiger partial charge in [-0.25, -0.2) is 19.3 Å². The van der Waals surface area contributed by atoms with Crippen molar-refractivity contribution in [2.45, 2.75) is 0 Å². The number of ether oxygens (including phenoxy) is 2. The molecule has 0 bridgehead atoms. The van der Waals surface area contributed by atoms with Gasteiger partial charge in [0.2, 0.25) is 0 Å². The number of benzene rings is 2. The lowest BCUT2D eigenvalue weighted by Crippen LogP contribution is -2.15. The number of aromatic nitrogens is 4. The fraction of sp³-hybridized carbons (Fsp3) is 0.100. The van der Waals surface area contributed by atoms with Crippen LogP contribution in [0.15, 0.2) is 41.2 Å². The standard InChI is InChI=1S/C20H15Cl2N5O4/c1-30-13-6-4-10(8-14(13)31-2)27-19-16(25-20(27)29)15(17(23)28)24-18(26-19)11-5-3-9(21)7-12(11)22/h3-8H,1-2H3,(H2,23,28)(H,25,29). The third kappa shape index (κ3) is 3.58. The van der Waals surface area contributed by atoms with Gasteiger partial charge in [-0.15, -0.1) is 0 Å². The van der Waals surface area contributed by atoms with Gasteiger partial charge in [-0.2, -0.15) is 0 Å². The average Bonchev–Trinajstić information content (AvgIpc) is 3.07. The molecule has 0 fully saturated rings. The van der Waals surface area contributed by atoms with Crippen LogP contribution in [0.1, 0.15) is 10.5 Å². The van der Waals surface area contributed by atoms with Crippen LogP contribution in [-0.2, 0) is 0 Å². The maximum atomic E-state index is 12.8. The van der Waals surface area contributed by atoms with E-state index in [1.165, 1.54) is 24.9 Å². The molecular weight excluding hydrogens is 445 g/mol. The molecule has 3 N–H and O–H groups in total. The zero-order valence-corrected chi connectivity index (χ0v) is 17.8. The number of methoxy groups -OCH3 is 2. The summed E-state index contributed by atoms with van der Waals surface area (Å²) in [4.78, 5) is 36.2. The fourth-order valence-corrected chi connectivity index (χ4v) is 3.65. The van der Waals surface area contributed by atoms with Gasteiger partial charge < -0.3 is 20.2 Å². The number of H-pyrrole nitrogens is 1. The molecule has 0 atom stereocenters. The van der Waals surface area contributed by atoms with E-state index in [2.05, 4.69) is 15.0 Å². The number of carbonyl (C=O) groups is 1. The second-order valence-corrected chi connectivity index (χ2v) is 7.23. The zero-order chi connectivity index (χ0) is 22.3. The third-order valence-corrected chi connectivity index (χ3v) is 5.12. The van der Waals surface area contributed by atoms with E-state index in [9.17, 15) is 9.59 Å². The van der Waals surface area contributed by atoms with E-state index in [0.717, 1.165) is 0 Å². The van der Waals surface area contributed by atoms with Crippen LogP contribution in [0.25, 0.3) is 28.2 Å². The van der Waals surface area contributed by atoms with Crippen LogP contribution in [0.4, 0.5) is 0 Å². The van der Waals surface area contributed by atoms with Crippen molar-refractivity contribution >= 4 is 40.3 Å². The summed E-state index contributed by atoms with van der Waals surface area (Å²) in [6.07, 6.45) is 0. The fourth-order valence-electron chi connectivity index (χ4n) is 3.16. The maximum absolute atomic E-state index is 12.8. The molecule has 0 saturated carbocycles. The number of carbonyl (C=O) groups excluding carboxylic acids is 1. The number of amides is 1. The predicted octanol–water partition coefficient (Wildman–Crippen LogP) is 3.20. The topological polar surface area (TPSA) is 125 Å². The number of hydrogen-bond donors (Lipinski definition) is 2. The lowest BCUT2D eigenvalue weighted by atomic mass is 10.2. The second-order valence-electron chi connectivity index (χ2n) is 6.39. The number of rotatable bonds is 5. The summed E-state index contributed by atoms with van der Waals surface area (Å²) in [5.74, 6) is 0.169. The Morgan fingerprint density at radius 3 is 2.45 bits per heavy atom. The molecular formula is C20H15Cl2N5O4. The lowest BCUT2D eigenvalue weighted by molar-refractivity contribution is 0.0997. The predicted molar refractivity (Wildman–Crippen MR) is 117 cm³/mol. The maximum Gasteiger partial charge on any atom is 0.332 e. The molecule has 2 aromatic heterocycles. The summed E-state index contributed by atoms with van der Waals surface area (Å²) in [5.41, 5.74) is 5.91. The third-order valence-electron chi connectivity index (χ3n) is 4.57. The van der Waals surface area contributed by atoms with Crippen molar-refractivity contribution in [1.82, 2.24) is 19.5 Å². The highest BCUT2D eigenvalue weighted by Gasteiger charge is 2.21. The van der Waals surface area contributed by atoms with Gasteiger partial charge in [-0.05, 0) is 30.3 Å². The molecule has 2 aromatic carbocycles. The van der Waals surface area contributed by atoms with Gasteiger partial charge in [-0.1, -0.05) is 23.2 Å². The molecule has 11 heteroatoms. The Hall–Kier alpha value is -3.56. The number of aromatic amines is 1. The van der Waals surface area contributed by atoms with Crippen molar-refractivity contribution in [3.8, 4) is 28.6 Å². The van der Waals surface area contributed by atoms with E-state index >= 15 is 0 Å². The number of hydrogen-bond acceptors (Lipinski definition) is 6. The van der Waals surface area contributed by atoms with Gasteiger partial charge in [0.05, 0.1) is 24.9 Å². The molecule has 0 saturated heterocycles. The Labute approximate surface area is 185 Å². The van der Waals surface area contributed by atoms with Gasteiger partial charge in [0.1, 0.15) is 5.52 Å². The van der Waals surface area contributed by atoms with Gasteiger partial charge in [0, 0.05) is 16.7 Å². The van der Waals surface area contributed by atoms with Gasteiger partial charge in [0.25, 0.3) is 5.91 Å². The van der Waals surface area contributed by atoms with Gasteiger partial charge in [-0.3, -0.25) is 4.79 Å². The van der Waals surface area contributed by atoms with Crippen LogP contribution in [0.5, 0.6) is 11.5 Å². The molecule has 9 nitrogen and oxygen atoms in total. The molecule has 0 radical (unpaired) electrons. The Morgan fingerprint density at radius 2 is 1.81 bits per heavy atom. The van der Waals surface area contributed by atoms with Crippen molar-refractivity contribution in [3.63, 3.8) is 0 Å². The first-order valence-corrected chi connectivity index (χ1v) is 9.60. The summed E-state index contributed by atoms with van der Waals surface area (Å²) in [5, 5.41) is 0.701. The molecule has 31 heavy (non-hydrogen) atoms. The van der Waals surface area contributed by atoms with Crippen molar-refractivity contribution in [2.75, 3.05) is 14.2 Å². The van der Waals surface area contributed by atoms with E-state index in [-0.39, 0.29) is 27.7 Å². The summed E-state index contributed by atoms with van der Waals surface area (Å²) in [6, 6.07) is 9.65. The second kappa shape index (κ2) is 7.93. The van der Waals surface area contributed by atoms with Crippen molar-refractivity contribution in [3.05, 3.63) is 62.6 Å². The molecule has 0 aliphatic carbocycles. The minimum absolute atomic E-state index is 0.0983. The number of nitrogens with two attached hydrogens (primary N) is 1. The number of halogens is 2. The normalized spacial score (nSPS) is 11.0. The highest BCUT2D eigenvalue weighted by molar-refractivity contribution is 6.36. The van der Waals surface area contributed by atoms with Crippen LogP contribution < -0.4 is 20.9 Å². The summed E-state index contributed by atoms with van der Waals surface area (Å²) in [6.45, 7) is 0. The Bertz CT molecular complexity index is 1400. The van der Waals surface area contributed by atoms with Gasteiger partial charge >= 0.3 is 5.69 Å². The quantitative estimate of drug-likeness (QED) is 0.471. The van der Waals surface area contributed by atoms with E-state index in [4.69, 9.17) is 38.4 Å². The molecule has 0 unspecified atom stereocenters. The first-order chi connectivity index (χ1) is 14.8. The number of primary amides is 1. The summed E-state index contributed by atoms with van der Waals surface area (Å²) in [7, 11) is 2.98. The smallest absolute Gasteiger partial charge is 0.332 e. The number of nitrogens with zero attached hydrogens (tertiary/aromatic N) is 3. The van der Waals surface area contributed by atoms with Gasteiger partial charge in [0.15, 0.2) is 28.7 Å². The van der Waals surface area contributed by atoms with Crippen molar-refractivity contribution in [1.29, 1.82) is 0 Å². The van der Waals surface area contributed by atoms with E-state index < -0.39 is 11.6 Å². The molecule has 158 valence electrons. The molecule has 4 aromatic rings. The van der Waals surface area contributed by atoms with E-state index in [1.54, 1.807) is 30.3 Å². The monoisotopic (exact) mass is 459 g/mol. The van der Waals surface area contributed by atoms with Crippen LogP contribution in [0.2, 0.25) is 10.0 Å². The van der Waals surface area contributed by atoms with Crippen molar-refractivity contribution in [2.24, 2.45) is 5.73 Å². The number of imidazole rings is 1. The van der Waals surface area contributed by atoms with Crippen molar-refractivity contribution < 1.29 is 14.3 Å². The van der Waals surface area contributed by atoms with Crippen LogP contribution >= 0.6 is 23.2 Å². The molecule has 1 amide bonds. The SMILES string of the molecule is COc1ccc(-n2c(=O)[nH]c3c(C(N)=O)nc(-c4ccc(Cl)cc4Cl)nc32)cc1OC. The van der Waals surface area contributed by atoms with E-state index in [0.29, 0.717) is 27.8 Å². The number of nitrogens with one attached hydrogen (secondary N) is 1. The molecule has 0 aliphatic rings. The Balaban J connectivity index is 2.04. The first kappa shape index (κ1) is 20.7. The largest absolute Gasteiger partial charge is 0.493 e. The number of fused-ring (bicyclic) bond motifs is 1. The first-order valence-electron chi connectivity index (χ1n) is 8.84. The molecule has 0 spiro atoms. The average molecular weight is 460 g/mol. The Morgan fingerprint density at radius 1 is 1.06 bits per heavy atom. The van der Waals surface area contributed by atoms with Crippen LogP contribution in [0, 0.1) is 0 Å². The molecule has 2 heterocycles. The molecule has 0 aliphatic heterocycles. The summed E-state index contributed by atoms with van der Waals surface area (Å²) >= 11 is 12.3. The van der Waals surface area contributed by atoms with E-state index in [1.807, 2.05) is 0 Å². The molecule has 4 rings (SSSR count).